The molecule has 2 atom stereocenters. The van der Waals surface area contributed by atoms with E-state index in [1.165, 1.54) is 0 Å². The molecule has 2 saturated carbocycles. The quantitative estimate of drug-likeness (QED) is 0.606. The van der Waals surface area contributed by atoms with Crippen molar-refractivity contribution >= 4 is 16.1 Å². The van der Waals surface area contributed by atoms with E-state index in [1.54, 1.807) is 43.9 Å². The van der Waals surface area contributed by atoms with Gasteiger partial charge in [0.05, 0.1) is 18.0 Å². The van der Waals surface area contributed by atoms with Crippen LogP contribution in [0.25, 0.3) is 11.3 Å². The molecule has 0 spiro atoms. The minimum Gasteiger partial charge on any atom is -0.444 e. The number of carbonyl (C=O) groups excluding carboxylic acids is 1. The van der Waals surface area contributed by atoms with Gasteiger partial charge in [-0.05, 0) is 82.6 Å². The third kappa shape index (κ3) is 5.27. The highest BCUT2D eigenvalue weighted by Crippen LogP contribution is 2.45. The number of hydrogen-bond donors (Lipinski definition) is 1. The molecule has 36 heavy (non-hydrogen) atoms. The van der Waals surface area contributed by atoms with Crippen molar-refractivity contribution < 1.29 is 22.3 Å². The molecule has 9 heteroatoms. The molecule has 0 radical (unpaired) electrons. The van der Waals surface area contributed by atoms with E-state index in [0.717, 1.165) is 24.8 Å². The number of piperidine rings is 2. The number of hydrogen-bond acceptors (Lipinski definition) is 5. The molecule has 1 aromatic heterocycles. The Balaban J connectivity index is 1.49. The zero-order chi connectivity index (χ0) is 25.8. The first-order chi connectivity index (χ1) is 16.9. The average molecular weight is 516 g/mol. The summed E-state index contributed by atoms with van der Waals surface area (Å²) in [6.07, 6.45) is 4.41. The molecule has 2 saturated heterocycles. The van der Waals surface area contributed by atoms with Crippen LogP contribution in [0, 0.1) is 11.7 Å². The third-order valence-electron chi connectivity index (χ3n) is 7.33. The first-order valence-corrected chi connectivity index (χ1v) is 14.5. The fraction of sp³-hybridized carbons (Fsp3) is 0.556. The Bertz CT molecular complexity index is 1270. The first-order valence-electron chi connectivity index (χ1n) is 12.6. The van der Waals surface area contributed by atoms with Crippen molar-refractivity contribution in [2.45, 2.75) is 82.5 Å². The lowest BCUT2D eigenvalue weighted by atomic mass is 9.67. The topological polar surface area (TPSA) is 88.6 Å². The van der Waals surface area contributed by atoms with Gasteiger partial charge in [0.15, 0.2) is 0 Å². The molecule has 4 fully saturated rings. The second-order valence-electron chi connectivity index (χ2n) is 11.5. The molecule has 3 heterocycles. The number of fused-ring (bicyclic) bond motifs is 2. The average Bonchev–Trinajstić information content (AvgIpc) is 3.58. The number of halogens is 1. The van der Waals surface area contributed by atoms with E-state index in [1.807, 2.05) is 18.2 Å². The number of pyridine rings is 1. The molecule has 6 rings (SSSR count). The summed E-state index contributed by atoms with van der Waals surface area (Å²) in [7, 11) is -3.54. The Morgan fingerprint density at radius 3 is 2.50 bits per heavy atom. The summed E-state index contributed by atoms with van der Waals surface area (Å²) in [6, 6.07) is 9.78. The van der Waals surface area contributed by atoms with Gasteiger partial charge >= 0.3 is 6.09 Å². The van der Waals surface area contributed by atoms with Crippen molar-refractivity contribution in [1.82, 2.24) is 14.6 Å². The van der Waals surface area contributed by atoms with Crippen molar-refractivity contribution in [3.63, 3.8) is 0 Å². The van der Waals surface area contributed by atoms with Crippen molar-refractivity contribution in [3.05, 3.63) is 53.5 Å². The molecular formula is C27H34FN3O4S. The van der Waals surface area contributed by atoms with E-state index in [0.29, 0.717) is 35.6 Å². The molecule has 4 aliphatic rings. The van der Waals surface area contributed by atoms with Crippen LogP contribution in [0.4, 0.5) is 9.18 Å². The number of carbonyl (C=O) groups is 1. The lowest BCUT2D eigenvalue weighted by Gasteiger charge is -2.57. The van der Waals surface area contributed by atoms with E-state index in [4.69, 9.17) is 9.72 Å². The molecule has 1 N–H and O–H groups in total. The molecule has 2 aromatic rings. The number of aromatic nitrogens is 1. The number of benzene rings is 1. The summed E-state index contributed by atoms with van der Waals surface area (Å²) in [4.78, 5) is 19.6. The Kier molecular flexibility index (Phi) is 6.35. The number of amides is 1. The third-order valence-corrected chi connectivity index (χ3v) is 8.03. The number of ether oxygens (including phenoxy) is 1. The highest BCUT2D eigenvalue weighted by Gasteiger charge is 2.54. The fourth-order valence-corrected chi connectivity index (χ4v) is 6.37. The fourth-order valence-electron chi connectivity index (χ4n) is 5.52. The van der Waals surface area contributed by atoms with Crippen LogP contribution in [0.5, 0.6) is 0 Å². The number of rotatable bonds is 6. The minimum absolute atomic E-state index is 0.0457. The van der Waals surface area contributed by atoms with Crippen molar-refractivity contribution in [1.29, 1.82) is 0 Å². The van der Waals surface area contributed by atoms with Crippen LogP contribution < -0.4 is 4.72 Å². The maximum atomic E-state index is 15.9. The molecule has 2 aliphatic heterocycles. The number of nitrogens with one attached hydrogen (secondary N) is 1. The minimum atomic E-state index is -3.54. The summed E-state index contributed by atoms with van der Waals surface area (Å²) in [5.74, 6) is 0.159. The lowest BCUT2D eigenvalue weighted by Crippen LogP contribution is -2.70. The van der Waals surface area contributed by atoms with E-state index in [-0.39, 0.29) is 24.2 Å². The van der Waals surface area contributed by atoms with Gasteiger partial charge in [-0.2, -0.15) is 0 Å². The second kappa shape index (κ2) is 9.10. The van der Waals surface area contributed by atoms with Gasteiger partial charge in [0.1, 0.15) is 11.4 Å². The van der Waals surface area contributed by atoms with Crippen LogP contribution in [0.3, 0.4) is 0 Å². The summed E-state index contributed by atoms with van der Waals surface area (Å²) in [5, 5.41) is 0. The maximum Gasteiger partial charge on any atom is 0.410 e. The molecule has 2 bridgehead atoms. The molecule has 0 unspecified atom stereocenters. The highest BCUT2D eigenvalue weighted by atomic mass is 32.2. The van der Waals surface area contributed by atoms with Gasteiger partial charge in [-0.15, -0.1) is 0 Å². The molecule has 1 aromatic carbocycles. The van der Waals surface area contributed by atoms with Crippen molar-refractivity contribution in [2.24, 2.45) is 5.92 Å². The molecule has 7 nitrogen and oxygen atoms in total. The van der Waals surface area contributed by atoms with Gasteiger partial charge in [0.2, 0.25) is 10.0 Å². The van der Waals surface area contributed by atoms with Gasteiger partial charge in [0.25, 0.3) is 0 Å². The molecule has 1 amide bonds. The predicted molar refractivity (Wildman–Crippen MR) is 135 cm³/mol. The zero-order valence-corrected chi connectivity index (χ0v) is 22.0. The molecule has 194 valence electrons. The molecular weight excluding hydrogens is 481 g/mol. The predicted octanol–water partition coefficient (Wildman–Crippen LogP) is 4.62. The number of nitrogens with zero attached hydrogens (tertiary/aromatic N) is 2. The summed E-state index contributed by atoms with van der Waals surface area (Å²) >= 11 is 0. The lowest BCUT2D eigenvalue weighted by molar-refractivity contribution is -0.0652. The van der Waals surface area contributed by atoms with Gasteiger partial charge in [0, 0.05) is 29.3 Å². The van der Waals surface area contributed by atoms with Crippen LogP contribution in [-0.2, 0) is 21.2 Å². The summed E-state index contributed by atoms with van der Waals surface area (Å²) in [5.41, 5.74) is 1.70. The number of sulfonamides is 1. The monoisotopic (exact) mass is 515 g/mol. The van der Waals surface area contributed by atoms with Crippen LogP contribution >= 0.6 is 0 Å². The van der Waals surface area contributed by atoms with Crippen molar-refractivity contribution in [3.8, 4) is 11.3 Å². The zero-order valence-electron chi connectivity index (χ0n) is 21.2. The Morgan fingerprint density at radius 1 is 1.17 bits per heavy atom. The SMILES string of the molecule is CC(C)(C)OC(=O)N1C2CC(C2)[C@H](NS(C)(=O)=O)[C@@H]1Cc1cccc(-c2cccc(C3CC3)n2)c1F. The normalized spacial score (nSPS) is 25.9. The molecule has 2 aliphatic carbocycles. The summed E-state index contributed by atoms with van der Waals surface area (Å²) < 4.78 is 48.8. The Labute approximate surface area is 212 Å². The van der Waals surface area contributed by atoms with Crippen LogP contribution in [0.15, 0.2) is 36.4 Å². The van der Waals surface area contributed by atoms with Crippen LogP contribution in [0.1, 0.15) is 63.6 Å². The van der Waals surface area contributed by atoms with E-state index in [9.17, 15) is 13.2 Å². The van der Waals surface area contributed by atoms with Crippen LogP contribution in [0.2, 0.25) is 0 Å². The van der Waals surface area contributed by atoms with Crippen LogP contribution in [-0.4, -0.2) is 54.4 Å². The highest BCUT2D eigenvalue weighted by molar-refractivity contribution is 7.88. The van der Waals surface area contributed by atoms with E-state index < -0.39 is 33.8 Å². The van der Waals surface area contributed by atoms with Crippen molar-refractivity contribution in [2.75, 3.05) is 6.26 Å². The van der Waals surface area contributed by atoms with Gasteiger partial charge in [-0.25, -0.2) is 22.3 Å². The van der Waals surface area contributed by atoms with Gasteiger partial charge < -0.3 is 9.64 Å². The maximum absolute atomic E-state index is 15.9. The Morgan fingerprint density at radius 2 is 1.86 bits per heavy atom. The van der Waals surface area contributed by atoms with Gasteiger partial charge in [-0.3, -0.25) is 4.98 Å². The Hall–Kier alpha value is -2.52. The first kappa shape index (κ1) is 25.1. The largest absolute Gasteiger partial charge is 0.444 e. The smallest absolute Gasteiger partial charge is 0.410 e. The standard InChI is InChI=1S/C27H34FN3O4S/c1-27(2,3)35-26(32)31-19-13-18(14-19)25(30-36(4,33)34)23(31)15-17-7-5-8-20(24(17)28)22-10-6-9-21(29-22)16-11-12-16/h5-10,16,18-19,23,25,30H,11-15H2,1-4H3/t18?,19?,23-,25-/m0/s1. The van der Waals surface area contributed by atoms with Gasteiger partial charge in [-0.1, -0.05) is 18.2 Å². The second-order valence-corrected chi connectivity index (χ2v) is 13.2. The van der Waals surface area contributed by atoms with E-state index in [2.05, 4.69) is 4.72 Å². The summed E-state index contributed by atoms with van der Waals surface area (Å²) in [6.45, 7) is 5.39. The van der Waals surface area contributed by atoms with E-state index >= 15 is 4.39 Å².